The van der Waals surface area contributed by atoms with Gasteiger partial charge in [-0.3, -0.25) is 0 Å². The second-order valence-electron chi connectivity index (χ2n) is 4.61. The number of hydrogen-bond donors (Lipinski definition) is 2. The molecule has 0 radical (unpaired) electrons. The van der Waals surface area contributed by atoms with Gasteiger partial charge in [-0.1, -0.05) is 52.5 Å². The van der Waals surface area contributed by atoms with Crippen LogP contribution in [0.15, 0.2) is 36.4 Å². The Morgan fingerprint density at radius 1 is 0.955 bits per heavy atom. The molecule has 0 aliphatic heterocycles. The SMILES string of the molecule is CC(NC(=O)Nc1ccc(Cl)c(Cl)c1)c1ccc(Cl)cc1Cl. The van der Waals surface area contributed by atoms with Gasteiger partial charge in [0.2, 0.25) is 0 Å². The Morgan fingerprint density at radius 2 is 1.68 bits per heavy atom. The van der Waals surface area contributed by atoms with Crippen molar-refractivity contribution in [1.82, 2.24) is 5.32 Å². The van der Waals surface area contributed by atoms with E-state index < -0.39 is 0 Å². The Labute approximate surface area is 148 Å². The fourth-order valence-corrected chi connectivity index (χ4v) is 2.74. The van der Waals surface area contributed by atoms with Crippen LogP contribution in [0.4, 0.5) is 10.5 Å². The molecule has 0 saturated carbocycles. The van der Waals surface area contributed by atoms with Gasteiger partial charge >= 0.3 is 6.03 Å². The van der Waals surface area contributed by atoms with E-state index in [1.165, 1.54) is 0 Å². The van der Waals surface area contributed by atoms with Crippen molar-refractivity contribution in [3.63, 3.8) is 0 Å². The molecule has 2 N–H and O–H groups in total. The van der Waals surface area contributed by atoms with Crippen LogP contribution in [0.5, 0.6) is 0 Å². The smallest absolute Gasteiger partial charge is 0.319 e. The highest BCUT2D eigenvalue weighted by molar-refractivity contribution is 6.42. The Morgan fingerprint density at radius 3 is 2.32 bits per heavy atom. The van der Waals surface area contributed by atoms with Gasteiger partial charge in [0.25, 0.3) is 0 Å². The van der Waals surface area contributed by atoms with Gasteiger partial charge in [-0.05, 0) is 42.8 Å². The molecule has 0 fully saturated rings. The Bertz CT molecular complexity index is 706. The van der Waals surface area contributed by atoms with Crippen molar-refractivity contribution >= 4 is 58.1 Å². The van der Waals surface area contributed by atoms with Gasteiger partial charge in [0.05, 0.1) is 16.1 Å². The molecule has 1 unspecified atom stereocenters. The van der Waals surface area contributed by atoms with Gasteiger partial charge in [0.1, 0.15) is 0 Å². The van der Waals surface area contributed by atoms with Crippen LogP contribution >= 0.6 is 46.4 Å². The quantitative estimate of drug-likeness (QED) is 0.658. The van der Waals surface area contributed by atoms with Crippen LogP contribution in [0, 0.1) is 0 Å². The average Bonchev–Trinajstić information content (AvgIpc) is 2.42. The number of carbonyl (C=O) groups excluding carboxylic acids is 1. The highest BCUT2D eigenvalue weighted by Crippen LogP contribution is 2.27. The maximum atomic E-state index is 12.0. The second-order valence-corrected chi connectivity index (χ2v) is 6.27. The van der Waals surface area contributed by atoms with Gasteiger partial charge in [0, 0.05) is 15.7 Å². The van der Waals surface area contributed by atoms with Crippen molar-refractivity contribution in [1.29, 1.82) is 0 Å². The molecule has 2 amide bonds. The molecule has 22 heavy (non-hydrogen) atoms. The maximum Gasteiger partial charge on any atom is 0.319 e. The predicted octanol–water partition coefficient (Wildman–Crippen LogP) is 6.18. The zero-order valence-electron chi connectivity index (χ0n) is 11.5. The number of benzene rings is 2. The molecule has 0 aliphatic rings. The van der Waals surface area contributed by atoms with Crippen molar-refractivity contribution in [2.75, 3.05) is 5.32 Å². The minimum Gasteiger partial charge on any atom is -0.331 e. The zero-order chi connectivity index (χ0) is 16.3. The van der Waals surface area contributed by atoms with E-state index in [2.05, 4.69) is 10.6 Å². The molecule has 0 spiro atoms. The summed E-state index contributed by atoms with van der Waals surface area (Å²) in [4.78, 5) is 12.0. The average molecular weight is 378 g/mol. The van der Waals surface area contributed by atoms with E-state index in [-0.39, 0.29) is 12.1 Å². The summed E-state index contributed by atoms with van der Waals surface area (Å²) in [6.07, 6.45) is 0. The van der Waals surface area contributed by atoms with E-state index in [1.54, 1.807) is 36.4 Å². The predicted molar refractivity (Wildman–Crippen MR) is 93.5 cm³/mol. The molecular weight excluding hydrogens is 366 g/mol. The normalized spacial score (nSPS) is 11.9. The van der Waals surface area contributed by atoms with Gasteiger partial charge in [-0.15, -0.1) is 0 Å². The molecule has 0 heterocycles. The summed E-state index contributed by atoms with van der Waals surface area (Å²) < 4.78 is 0. The summed E-state index contributed by atoms with van der Waals surface area (Å²) in [5.41, 5.74) is 1.32. The number of carbonyl (C=O) groups is 1. The second kappa shape index (κ2) is 7.42. The van der Waals surface area contributed by atoms with Crippen LogP contribution in [0.2, 0.25) is 20.1 Å². The molecular formula is C15H12Cl4N2O. The van der Waals surface area contributed by atoms with Crippen molar-refractivity contribution < 1.29 is 4.79 Å². The molecule has 2 aromatic carbocycles. The van der Waals surface area contributed by atoms with Gasteiger partial charge in [-0.25, -0.2) is 4.79 Å². The Balaban J connectivity index is 2.03. The number of nitrogens with one attached hydrogen (secondary N) is 2. The lowest BCUT2D eigenvalue weighted by Gasteiger charge is -2.16. The minimum absolute atomic E-state index is 0.285. The first-order chi connectivity index (χ1) is 10.4. The molecule has 0 aromatic heterocycles. The fourth-order valence-electron chi connectivity index (χ4n) is 1.87. The highest BCUT2D eigenvalue weighted by atomic mass is 35.5. The number of rotatable bonds is 3. The third-order valence-corrected chi connectivity index (χ3v) is 4.26. The number of urea groups is 1. The number of halogens is 4. The first-order valence-electron chi connectivity index (χ1n) is 6.34. The van der Waals surface area contributed by atoms with E-state index in [4.69, 9.17) is 46.4 Å². The van der Waals surface area contributed by atoms with Crippen molar-refractivity contribution in [2.45, 2.75) is 13.0 Å². The molecule has 1 atom stereocenters. The van der Waals surface area contributed by atoms with E-state index >= 15 is 0 Å². The number of amides is 2. The van der Waals surface area contributed by atoms with Gasteiger partial charge in [-0.2, -0.15) is 0 Å². The Hall–Kier alpha value is -1.13. The van der Waals surface area contributed by atoms with Crippen molar-refractivity contribution in [2.24, 2.45) is 0 Å². The lowest BCUT2D eigenvalue weighted by Crippen LogP contribution is -2.31. The first kappa shape index (κ1) is 17.2. The van der Waals surface area contributed by atoms with Crippen LogP contribution in [-0.2, 0) is 0 Å². The van der Waals surface area contributed by atoms with Crippen molar-refractivity contribution in [3.05, 3.63) is 62.1 Å². The summed E-state index contributed by atoms with van der Waals surface area (Å²) in [6.45, 7) is 1.82. The molecule has 0 aliphatic carbocycles. The van der Waals surface area contributed by atoms with Crippen molar-refractivity contribution in [3.8, 4) is 0 Å². The minimum atomic E-state index is -0.378. The number of anilines is 1. The third kappa shape index (κ3) is 4.43. The highest BCUT2D eigenvalue weighted by Gasteiger charge is 2.13. The van der Waals surface area contributed by atoms with Gasteiger partial charge < -0.3 is 10.6 Å². The molecule has 3 nitrogen and oxygen atoms in total. The molecule has 116 valence electrons. The number of hydrogen-bond acceptors (Lipinski definition) is 1. The topological polar surface area (TPSA) is 41.1 Å². The standard InChI is InChI=1S/C15H12Cl4N2O/c1-8(11-4-2-9(16)6-13(11)18)20-15(22)21-10-3-5-12(17)14(19)7-10/h2-8H,1H3,(H2,20,21,22). The molecule has 2 rings (SSSR count). The van der Waals surface area contributed by atoms with Crippen LogP contribution in [0.1, 0.15) is 18.5 Å². The summed E-state index contributed by atoms with van der Waals surface area (Å²) >= 11 is 23.7. The molecule has 0 bridgehead atoms. The largest absolute Gasteiger partial charge is 0.331 e. The summed E-state index contributed by atoms with van der Waals surface area (Å²) in [5, 5.41) is 7.30. The van der Waals surface area contributed by atoms with E-state index in [9.17, 15) is 4.79 Å². The maximum absolute atomic E-state index is 12.0. The van der Waals surface area contributed by atoms with Crippen LogP contribution in [-0.4, -0.2) is 6.03 Å². The Kier molecular flexibility index (Phi) is 5.81. The van der Waals surface area contributed by atoms with E-state index in [1.807, 2.05) is 6.92 Å². The first-order valence-corrected chi connectivity index (χ1v) is 7.85. The van der Waals surface area contributed by atoms with Crippen LogP contribution < -0.4 is 10.6 Å². The summed E-state index contributed by atoms with van der Waals surface area (Å²) in [5.74, 6) is 0. The molecule has 7 heteroatoms. The van der Waals surface area contributed by atoms with Crippen LogP contribution in [0.25, 0.3) is 0 Å². The molecule has 0 saturated heterocycles. The third-order valence-electron chi connectivity index (χ3n) is 2.95. The van der Waals surface area contributed by atoms with E-state index in [0.29, 0.717) is 25.8 Å². The van der Waals surface area contributed by atoms with Gasteiger partial charge in [0.15, 0.2) is 0 Å². The summed E-state index contributed by atoms with van der Waals surface area (Å²) in [7, 11) is 0. The molecule has 2 aromatic rings. The zero-order valence-corrected chi connectivity index (χ0v) is 14.5. The lowest BCUT2D eigenvalue weighted by atomic mass is 10.1. The monoisotopic (exact) mass is 376 g/mol. The summed E-state index contributed by atoms with van der Waals surface area (Å²) in [6, 6.07) is 9.31. The van der Waals surface area contributed by atoms with E-state index in [0.717, 1.165) is 5.56 Å². The fraction of sp³-hybridized carbons (Fsp3) is 0.133. The van der Waals surface area contributed by atoms with Crippen LogP contribution in [0.3, 0.4) is 0 Å². The lowest BCUT2D eigenvalue weighted by molar-refractivity contribution is 0.249.